The third kappa shape index (κ3) is 5.33. The molecule has 28 heavy (non-hydrogen) atoms. The van der Waals surface area contributed by atoms with Gasteiger partial charge in [-0.05, 0) is 55.0 Å². The van der Waals surface area contributed by atoms with E-state index < -0.39 is 5.97 Å². The van der Waals surface area contributed by atoms with Crippen molar-refractivity contribution in [2.24, 2.45) is 0 Å². The molecule has 144 valence electrons. The molecule has 0 fully saturated rings. The fraction of sp³-hybridized carbons (Fsp3) is 0.182. The number of amides is 1. The number of anilines is 1. The molecule has 0 bridgehead atoms. The minimum Gasteiger partial charge on any atom is -0.462 e. The third-order valence-corrected chi connectivity index (χ3v) is 4.49. The van der Waals surface area contributed by atoms with Crippen molar-refractivity contribution < 1.29 is 18.7 Å². The maximum absolute atomic E-state index is 12.2. The minimum absolute atomic E-state index is 0.321. The van der Waals surface area contributed by atoms with Crippen LogP contribution in [-0.4, -0.2) is 18.5 Å². The zero-order valence-corrected chi connectivity index (χ0v) is 17.0. The molecule has 0 unspecified atom stereocenters. The van der Waals surface area contributed by atoms with Crippen LogP contribution in [0.25, 0.3) is 17.0 Å². The summed E-state index contributed by atoms with van der Waals surface area (Å²) in [4.78, 5) is 24.2. The molecule has 1 amide bonds. The first-order valence-electron chi connectivity index (χ1n) is 9.00. The minimum atomic E-state index is -0.395. The smallest absolute Gasteiger partial charge is 0.338 e. The lowest BCUT2D eigenvalue weighted by molar-refractivity contribution is -0.111. The molecule has 0 radical (unpaired) electrons. The summed E-state index contributed by atoms with van der Waals surface area (Å²) in [6.45, 7) is 2.42. The third-order valence-electron chi connectivity index (χ3n) is 3.99. The Kier molecular flexibility index (Phi) is 6.66. The van der Waals surface area contributed by atoms with Gasteiger partial charge in [0.15, 0.2) is 0 Å². The lowest BCUT2D eigenvalue weighted by atomic mass is 10.2. The molecule has 3 aromatic rings. The lowest BCUT2D eigenvalue weighted by Crippen LogP contribution is -2.10. The topological polar surface area (TPSA) is 68.5 Å². The molecule has 3 rings (SSSR count). The predicted octanol–water partition coefficient (Wildman–Crippen LogP) is 5.80. The van der Waals surface area contributed by atoms with Gasteiger partial charge in [0.2, 0.25) is 5.91 Å². The molecule has 0 spiro atoms. The SMILES string of the molecule is CCCCOC(=O)c1cccc(NC(=O)C=Cc2cc3cc(Br)ccc3o2)c1. The monoisotopic (exact) mass is 441 g/mol. The van der Waals surface area contributed by atoms with E-state index in [1.54, 1.807) is 30.3 Å². The van der Waals surface area contributed by atoms with E-state index in [1.165, 1.54) is 6.08 Å². The number of carbonyl (C=O) groups is 2. The van der Waals surface area contributed by atoms with Gasteiger partial charge in [0, 0.05) is 21.6 Å². The number of carbonyl (C=O) groups excluding carboxylic acids is 2. The van der Waals surface area contributed by atoms with E-state index in [2.05, 4.69) is 21.2 Å². The van der Waals surface area contributed by atoms with Crippen LogP contribution in [0.4, 0.5) is 5.69 Å². The quantitative estimate of drug-likeness (QED) is 0.285. The first kappa shape index (κ1) is 19.9. The highest BCUT2D eigenvalue weighted by Crippen LogP contribution is 2.24. The van der Waals surface area contributed by atoms with E-state index in [-0.39, 0.29) is 5.91 Å². The molecular weight excluding hydrogens is 422 g/mol. The summed E-state index contributed by atoms with van der Waals surface area (Å²) < 4.78 is 11.8. The van der Waals surface area contributed by atoms with Crippen LogP contribution in [0.1, 0.15) is 35.9 Å². The number of hydrogen-bond acceptors (Lipinski definition) is 4. The Labute approximate surface area is 171 Å². The number of halogens is 1. The Hall–Kier alpha value is -2.86. The predicted molar refractivity (Wildman–Crippen MR) is 113 cm³/mol. The molecule has 5 nitrogen and oxygen atoms in total. The number of rotatable bonds is 7. The van der Waals surface area contributed by atoms with E-state index in [1.807, 2.05) is 31.2 Å². The van der Waals surface area contributed by atoms with Crippen LogP contribution in [0, 0.1) is 0 Å². The van der Waals surface area contributed by atoms with E-state index >= 15 is 0 Å². The van der Waals surface area contributed by atoms with Gasteiger partial charge in [-0.25, -0.2) is 4.79 Å². The zero-order chi connectivity index (χ0) is 19.9. The second-order valence-electron chi connectivity index (χ2n) is 6.22. The Bertz CT molecular complexity index is 1020. The second-order valence-corrected chi connectivity index (χ2v) is 7.14. The molecule has 0 aliphatic heterocycles. The lowest BCUT2D eigenvalue weighted by Gasteiger charge is -2.06. The van der Waals surface area contributed by atoms with Gasteiger partial charge in [0.05, 0.1) is 12.2 Å². The van der Waals surface area contributed by atoms with Crippen LogP contribution >= 0.6 is 15.9 Å². The van der Waals surface area contributed by atoms with Crippen molar-refractivity contribution in [1.29, 1.82) is 0 Å². The van der Waals surface area contributed by atoms with Crippen molar-refractivity contribution >= 4 is 50.5 Å². The highest BCUT2D eigenvalue weighted by molar-refractivity contribution is 9.10. The molecule has 0 saturated heterocycles. The first-order chi connectivity index (χ1) is 13.5. The summed E-state index contributed by atoms with van der Waals surface area (Å²) in [7, 11) is 0. The fourth-order valence-corrected chi connectivity index (χ4v) is 2.95. The molecule has 0 atom stereocenters. The number of unbranched alkanes of at least 4 members (excludes halogenated alkanes) is 1. The molecule has 0 saturated carbocycles. The molecule has 1 heterocycles. The maximum Gasteiger partial charge on any atom is 0.338 e. The number of benzene rings is 2. The summed E-state index contributed by atoms with van der Waals surface area (Å²) in [5, 5.41) is 3.68. The van der Waals surface area contributed by atoms with Gasteiger partial charge in [-0.2, -0.15) is 0 Å². The van der Waals surface area contributed by atoms with Gasteiger partial charge in [-0.1, -0.05) is 35.3 Å². The molecule has 0 aliphatic carbocycles. The summed E-state index contributed by atoms with van der Waals surface area (Å²) >= 11 is 3.42. The van der Waals surface area contributed by atoms with Crippen molar-refractivity contribution in [1.82, 2.24) is 0 Å². The highest BCUT2D eigenvalue weighted by Gasteiger charge is 2.08. The van der Waals surface area contributed by atoms with Gasteiger partial charge in [0.1, 0.15) is 11.3 Å². The van der Waals surface area contributed by atoms with Gasteiger partial charge in [-0.3, -0.25) is 4.79 Å². The Morgan fingerprint density at radius 3 is 2.86 bits per heavy atom. The maximum atomic E-state index is 12.2. The standard InChI is InChI=1S/C22H20BrNO4/c1-2-3-11-27-22(26)15-5-4-6-18(13-15)24-21(25)10-8-19-14-16-12-17(23)7-9-20(16)28-19/h4-10,12-14H,2-3,11H2,1H3,(H,24,25). The number of fused-ring (bicyclic) bond motifs is 1. The van der Waals surface area contributed by atoms with Gasteiger partial charge >= 0.3 is 5.97 Å². The van der Waals surface area contributed by atoms with Crippen molar-refractivity contribution in [2.75, 3.05) is 11.9 Å². The van der Waals surface area contributed by atoms with Crippen LogP contribution in [-0.2, 0) is 9.53 Å². The number of furan rings is 1. The zero-order valence-electron chi connectivity index (χ0n) is 15.4. The van der Waals surface area contributed by atoms with E-state index in [0.717, 1.165) is 28.3 Å². The second kappa shape index (κ2) is 9.37. The van der Waals surface area contributed by atoms with Crippen molar-refractivity contribution in [2.45, 2.75) is 19.8 Å². The van der Waals surface area contributed by atoms with Crippen LogP contribution in [0.2, 0.25) is 0 Å². The molecule has 1 N–H and O–H groups in total. The fourth-order valence-electron chi connectivity index (χ4n) is 2.58. The van der Waals surface area contributed by atoms with Crippen LogP contribution in [0.3, 0.4) is 0 Å². The largest absolute Gasteiger partial charge is 0.462 e. The number of nitrogens with one attached hydrogen (secondary N) is 1. The number of hydrogen-bond donors (Lipinski definition) is 1. The van der Waals surface area contributed by atoms with Crippen LogP contribution in [0.5, 0.6) is 0 Å². The van der Waals surface area contributed by atoms with Crippen molar-refractivity contribution in [3.63, 3.8) is 0 Å². The van der Waals surface area contributed by atoms with E-state index in [0.29, 0.717) is 23.6 Å². The summed E-state index contributed by atoms with van der Waals surface area (Å²) in [5.41, 5.74) is 1.67. The molecular formula is C22H20BrNO4. The normalized spacial score (nSPS) is 11.1. The average Bonchev–Trinajstić information content (AvgIpc) is 3.08. The van der Waals surface area contributed by atoms with Crippen molar-refractivity contribution in [3.8, 4) is 0 Å². The van der Waals surface area contributed by atoms with E-state index in [4.69, 9.17) is 9.15 Å². The summed E-state index contributed by atoms with van der Waals surface area (Å²) in [5.74, 6) is -0.136. The Morgan fingerprint density at radius 1 is 1.18 bits per heavy atom. The first-order valence-corrected chi connectivity index (χ1v) is 9.80. The number of esters is 1. The summed E-state index contributed by atoms with van der Waals surface area (Å²) in [6.07, 6.45) is 4.77. The van der Waals surface area contributed by atoms with Gasteiger partial charge < -0.3 is 14.5 Å². The molecule has 0 aliphatic rings. The molecule has 2 aromatic carbocycles. The van der Waals surface area contributed by atoms with Gasteiger partial charge in [-0.15, -0.1) is 0 Å². The average molecular weight is 442 g/mol. The Balaban J connectivity index is 1.63. The molecule has 6 heteroatoms. The van der Waals surface area contributed by atoms with Crippen LogP contribution < -0.4 is 5.32 Å². The highest BCUT2D eigenvalue weighted by atomic mass is 79.9. The van der Waals surface area contributed by atoms with Crippen molar-refractivity contribution in [3.05, 3.63) is 70.4 Å². The van der Waals surface area contributed by atoms with Crippen LogP contribution in [0.15, 0.2) is 63.5 Å². The molecule has 1 aromatic heterocycles. The number of ether oxygens (including phenoxy) is 1. The Morgan fingerprint density at radius 2 is 2.04 bits per heavy atom. The summed E-state index contributed by atoms with van der Waals surface area (Å²) in [6, 6.07) is 14.2. The van der Waals surface area contributed by atoms with E-state index in [9.17, 15) is 9.59 Å². The van der Waals surface area contributed by atoms with Gasteiger partial charge in [0.25, 0.3) is 0 Å².